The molecule has 0 saturated carbocycles. The molecule has 2 rings (SSSR count). The summed E-state index contributed by atoms with van der Waals surface area (Å²) in [7, 11) is -2.02. The lowest BCUT2D eigenvalue weighted by atomic mass is 9.82. The second-order valence-electron chi connectivity index (χ2n) is 7.94. The van der Waals surface area contributed by atoms with Crippen molar-refractivity contribution in [2.24, 2.45) is 0 Å². The van der Waals surface area contributed by atoms with Crippen LogP contribution in [0.3, 0.4) is 0 Å². The number of rotatable bonds is 8. The van der Waals surface area contributed by atoms with E-state index in [1.54, 1.807) is 0 Å². The molecular formula is C22H31O3P. The summed E-state index contributed by atoms with van der Waals surface area (Å²) in [6, 6.07) is 15.7. The first-order chi connectivity index (χ1) is 12.2. The standard InChI is InChI=1S/C22H31O3P/c1-7-21(3,4)17-9-13-19(14-10-17)24-26(23)25-20-15-11-18(12-16-20)22(5,6)8-2/h9-16,23H,7-8H2,1-6H3. The lowest BCUT2D eigenvalue weighted by Gasteiger charge is -2.24. The zero-order chi connectivity index (χ0) is 19.4. The molecule has 2 aromatic carbocycles. The molecule has 1 N–H and O–H groups in total. The predicted octanol–water partition coefficient (Wildman–Crippen LogP) is 6.74. The Morgan fingerprint density at radius 3 is 1.27 bits per heavy atom. The highest BCUT2D eigenvalue weighted by Gasteiger charge is 2.20. The molecular weight excluding hydrogens is 343 g/mol. The Hall–Kier alpha value is -1.57. The van der Waals surface area contributed by atoms with Crippen LogP contribution in [-0.2, 0) is 10.8 Å². The van der Waals surface area contributed by atoms with Gasteiger partial charge in [-0.25, -0.2) is 0 Å². The third kappa shape index (κ3) is 5.22. The van der Waals surface area contributed by atoms with Crippen LogP contribution >= 0.6 is 8.60 Å². The van der Waals surface area contributed by atoms with Crippen molar-refractivity contribution >= 4 is 8.60 Å². The van der Waals surface area contributed by atoms with Crippen LogP contribution in [0.5, 0.6) is 11.5 Å². The molecule has 26 heavy (non-hydrogen) atoms. The van der Waals surface area contributed by atoms with Crippen LogP contribution in [0.2, 0.25) is 0 Å². The second kappa shape index (κ2) is 8.41. The molecule has 4 heteroatoms. The van der Waals surface area contributed by atoms with E-state index in [-0.39, 0.29) is 10.8 Å². The van der Waals surface area contributed by atoms with Crippen molar-refractivity contribution in [2.45, 2.75) is 65.2 Å². The van der Waals surface area contributed by atoms with Crippen LogP contribution in [0.1, 0.15) is 65.5 Å². The van der Waals surface area contributed by atoms with Crippen molar-refractivity contribution < 1.29 is 13.9 Å². The molecule has 0 atom stereocenters. The summed E-state index contributed by atoms with van der Waals surface area (Å²) in [6.45, 7) is 13.2. The molecule has 2 aromatic rings. The van der Waals surface area contributed by atoms with Crippen LogP contribution in [0, 0.1) is 0 Å². The van der Waals surface area contributed by atoms with Gasteiger partial charge < -0.3 is 13.9 Å². The Balaban J connectivity index is 1.97. The van der Waals surface area contributed by atoms with Crippen molar-refractivity contribution in [3.05, 3.63) is 59.7 Å². The summed E-state index contributed by atoms with van der Waals surface area (Å²) < 4.78 is 11.1. The van der Waals surface area contributed by atoms with Crippen LogP contribution in [-0.4, -0.2) is 4.89 Å². The van der Waals surface area contributed by atoms with Crippen molar-refractivity contribution in [1.82, 2.24) is 0 Å². The molecule has 3 nitrogen and oxygen atoms in total. The molecule has 0 radical (unpaired) electrons. The molecule has 142 valence electrons. The third-order valence-corrected chi connectivity index (χ3v) is 6.14. The SMILES string of the molecule is CCC(C)(C)c1ccc(OP(O)Oc2ccc(C(C)(C)CC)cc2)cc1. The molecule has 0 spiro atoms. The lowest BCUT2D eigenvalue weighted by Crippen LogP contribution is -2.15. The Morgan fingerprint density at radius 2 is 1.00 bits per heavy atom. The third-order valence-electron chi connectivity index (χ3n) is 5.41. The van der Waals surface area contributed by atoms with Gasteiger partial charge in [-0.05, 0) is 59.1 Å². The van der Waals surface area contributed by atoms with Crippen molar-refractivity contribution in [3.63, 3.8) is 0 Å². The van der Waals surface area contributed by atoms with E-state index < -0.39 is 8.60 Å². The molecule has 0 amide bonds. The van der Waals surface area contributed by atoms with Crippen molar-refractivity contribution in [3.8, 4) is 11.5 Å². The number of benzene rings is 2. The van der Waals surface area contributed by atoms with Gasteiger partial charge in [-0.2, -0.15) is 0 Å². The summed E-state index contributed by atoms with van der Waals surface area (Å²) in [5, 5.41) is 0. The van der Waals surface area contributed by atoms with Gasteiger partial charge in [0.2, 0.25) is 0 Å². The Bertz CT molecular complexity index is 629. The summed E-state index contributed by atoms with van der Waals surface area (Å²) >= 11 is 0. The fourth-order valence-corrected chi connectivity index (χ4v) is 3.18. The summed E-state index contributed by atoms with van der Waals surface area (Å²) in [6.07, 6.45) is 2.13. The van der Waals surface area contributed by atoms with Crippen LogP contribution in [0.15, 0.2) is 48.5 Å². The average Bonchev–Trinajstić information content (AvgIpc) is 2.62. The Morgan fingerprint density at radius 1 is 0.692 bits per heavy atom. The number of hydrogen-bond acceptors (Lipinski definition) is 3. The first-order valence-corrected chi connectivity index (χ1v) is 10.4. The van der Waals surface area contributed by atoms with Gasteiger partial charge in [-0.1, -0.05) is 65.8 Å². The molecule has 0 fully saturated rings. The van der Waals surface area contributed by atoms with E-state index in [1.165, 1.54) is 11.1 Å². The topological polar surface area (TPSA) is 38.7 Å². The smallest absolute Gasteiger partial charge is 0.418 e. The van der Waals surface area contributed by atoms with Gasteiger partial charge in [0.05, 0.1) is 0 Å². The van der Waals surface area contributed by atoms with E-state index in [4.69, 9.17) is 9.05 Å². The fourth-order valence-electron chi connectivity index (χ4n) is 2.54. The maximum Gasteiger partial charge on any atom is 0.460 e. The summed E-state index contributed by atoms with van der Waals surface area (Å²) in [5.74, 6) is 1.22. The molecule has 0 aliphatic heterocycles. The second-order valence-corrected chi connectivity index (χ2v) is 8.78. The van der Waals surface area contributed by atoms with E-state index in [9.17, 15) is 4.89 Å². The molecule has 0 aromatic heterocycles. The highest BCUT2D eigenvalue weighted by molar-refractivity contribution is 7.41. The van der Waals surface area contributed by atoms with Gasteiger partial charge in [0.25, 0.3) is 0 Å². The van der Waals surface area contributed by atoms with Gasteiger partial charge in [0, 0.05) is 0 Å². The van der Waals surface area contributed by atoms with E-state index in [2.05, 4.69) is 41.5 Å². The van der Waals surface area contributed by atoms with Gasteiger partial charge in [-0.3, -0.25) is 0 Å². The van der Waals surface area contributed by atoms with Gasteiger partial charge >= 0.3 is 8.60 Å². The Labute approximate surface area is 159 Å². The maximum atomic E-state index is 10.1. The van der Waals surface area contributed by atoms with E-state index in [0.717, 1.165) is 12.8 Å². The largest absolute Gasteiger partial charge is 0.460 e. The van der Waals surface area contributed by atoms with Crippen molar-refractivity contribution in [1.29, 1.82) is 0 Å². The molecule has 0 bridgehead atoms. The van der Waals surface area contributed by atoms with Gasteiger partial charge in [-0.15, -0.1) is 0 Å². The zero-order valence-electron chi connectivity index (χ0n) is 16.7. The normalized spacial score (nSPS) is 12.3. The first kappa shape index (κ1) is 20.7. The van der Waals surface area contributed by atoms with E-state index in [1.807, 2.05) is 48.5 Å². The quantitative estimate of drug-likeness (QED) is 0.520. The van der Waals surface area contributed by atoms with Crippen molar-refractivity contribution in [2.75, 3.05) is 0 Å². The molecule has 0 aliphatic rings. The fraction of sp³-hybridized carbons (Fsp3) is 0.455. The minimum absolute atomic E-state index is 0.132. The average molecular weight is 374 g/mol. The van der Waals surface area contributed by atoms with Gasteiger partial charge in [0.15, 0.2) is 0 Å². The van der Waals surface area contributed by atoms with E-state index in [0.29, 0.717) is 11.5 Å². The minimum Gasteiger partial charge on any atom is -0.418 e. The highest BCUT2D eigenvalue weighted by Crippen LogP contribution is 2.38. The number of hydrogen-bond donors (Lipinski definition) is 1. The highest BCUT2D eigenvalue weighted by atomic mass is 31.2. The lowest BCUT2D eigenvalue weighted by molar-refractivity contribution is 0.381. The van der Waals surface area contributed by atoms with Crippen LogP contribution < -0.4 is 9.05 Å². The predicted molar refractivity (Wildman–Crippen MR) is 110 cm³/mol. The van der Waals surface area contributed by atoms with Crippen LogP contribution in [0.4, 0.5) is 0 Å². The monoisotopic (exact) mass is 374 g/mol. The van der Waals surface area contributed by atoms with Gasteiger partial charge in [0.1, 0.15) is 11.5 Å². The molecule has 0 saturated heterocycles. The van der Waals surface area contributed by atoms with E-state index >= 15 is 0 Å². The Kier molecular flexibility index (Phi) is 6.71. The minimum atomic E-state index is -2.02. The first-order valence-electron chi connectivity index (χ1n) is 9.24. The summed E-state index contributed by atoms with van der Waals surface area (Å²) in [4.78, 5) is 10.1. The summed E-state index contributed by atoms with van der Waals surface area (Å²) in [5.41, 5.74) is 2.77. The molecule has 0 heterocycles. The zero-order valence-corrected chi connectivity index (χ0v) is 17.6. The molecule has 0 aliphatic carbocycles. The molecule has 0 unspecified atom stereocenters. The maximum absolute atomic E-state index is 10.1. The van der Waals surface area contributed by atoms with Crippen LogP contribution in [0.25, 0.3) is 0 Å².